The predicted molar refractivity (Wildman–Crippen MR) is 69.7 cm³/mol. The lowest BCUT2D eigenvalue weighted by atomic mass is 9.80. The van der Waals surface area contributed by atoms with Gasteiger partial charge >= 0.3 is 0 Å². The minimum Gasteiger partial charge on any atom is -0.311 e. The number of hydrogen-bond donors (Lipinski definition) is 1. The van der Waals surface area contributed by atoms with E-state index in [1.165, 1.54) is 51.6 Å². The Bertz CT molecular complexity index is 219. The third-order valence-corrected chi connectivity index (χ3v) is 4.98. The van der Waals surface area contributed by atoms with E-state index in [-0.39, 0.29) is 0 Å². The molecule has 2 nitrogen and oxygen atoms in total. The van der Waals surface area contributed by atoms with Crippen LogP contribution in [0.2, 0.25) is 0 Å². The largest absolute Gasteiger partial charge is 0.311 e. The first-order valence-electron chi connectivity index (χ1n) is 7.09. The minimum atomic E-state index is 0.462. The van der Waals surface area contributed by atoms with Crippen molar-refractivity contribution in [2.24, 2.45) is 5.92 Å². The molecule has 1 N–H and O–H groups in total. The molecule has 0 saturated carbocycles. The number of nitrogens with one attached hydrogen (secondary N) is 1. The maximum absolute atomic E-state index is 3.79. The van der Waals surface area contributed by atoms with Gasteiger partial charge in [-0.2, -0.15) is 0 Å². The van der Waals surface area contributed by atoms with Crippen molar-refractivity contribution in [1.29, 1.82) is 0 Å². The van der Waals surface area contributed by atoms with Crippen molar-refractivity contribution in [1.82, 2.24) is 10.2 Å². The van der Waals surface area contributed by atoms with Crippen molar-refractivity contribution in [2.75, 3.05) is 20.1 Å². The molecule has 2 unspecified atom stereocenters. The fourth-order valence-corrected chi connectivity index (χ4v) is 3.59. The number of rotatable bonds is 4. The Morgan fingerprint density at radius 3 is 2.69 bits per heavy atom. The summed E-state index contributed by atoms with van der Waals surface area (Å²) in [6.07, 6.45) is 8.36. The molecular formula is C14H28N2. The third-order valence-electron chi connectivity index (χ3n) is 4.98. The maximum atomic E-state index is 3.79. The van der Waals surface area contributed by atoms with Crippen LogP contribution in [-0.4, -0.2) is 36.6 Å². The third kappa shape index (κ3) is 2.43. The molecule has 2 aliphatic heterocycles. The van der Waals surface area contributed by atoms with Crippen LogP contribution in [0.3, 0.4) is 0 Å². The molecule has 0 aromatic carbocycles. The van der Waals surface area contributed by atoms with Crippen LogP contribution >= 0.6 is 0 Å². The Morgan fingerprint density at radius 2 is 2.19 bits per heavy atom. The van der Waals surface area contributed by atoms with E-state index in [4.69, 9.17) is 0 Å². The van der Waals surface area contributed by atoms with Crippen LogP contribution in [0.4, 0.5) is 0 Å². The quantitative estimate of drug-likeness (QED) is 0.790. The van der Waals surface area contributed by atoms with Crippen molar-refractivity contribution in [3.63, 3.8) is 0 Å². The van der Waals surface area contributed by atoms with Gasteiger partial charge < -0.3 is 10.2 Å². The Balaban J connectivity index is 1.87. The monoisotopic (exact) mass is 224 g/mol. The van der Waals surface area contributed by atoms with E-state index in [1.807, 2.05) is 0 Å². The topological polar surface area (TPSA) is 15.3 Å². The van der Waals surface area contributed by atoms with Gasteiger partial charge in [0.15, 0.2) is 0 Å². The first-order chi connectivity index (χ1) is 7.64. The molecule has 2 aliphatic rings. The molecule has 2 saturated heterocycles. The summed E-state index contributed by atoms with van der Waals surface area (Å²) in [6, 6.07) is 0.859. The molecule has 0 spiro atoms. The van der Waals surface area contributed by atoms with E-state index in [0.717, 1.165) is 12.0 Å². The number of hydrogen-bond acceptors (Lipinski definition) is 2. The van der Waals surface area contributed by atoms with E-state index >= 15 is 0 Å². The molecule has 2 heteroatoms. The summed E-state index contributed by atoms with van der Waals surface area (Å²) in [7, 11) is 2.29. The van der Waals surface area contributed by atoms with Crippen LogP contribution in [0.5, 0.6) is 0 Å². The second-order valence-corrected chi connectivity index (χ2v) is 6.16. The lowest BCUT2D eigenvalue weighted by molar-refractivity contribution is 0.209. The van der Waals surface area contributed by atoms with E-state index in [0.29, 0.717) is 5.54 Å². The normalized spacial score (nSPS) is 36.4. The van der Waals surface area contributed by atoms with Gasteiger partial charge in [0.25, 0.3) is 0 Å². The van der Waals surface area contributed by atoms with Crippen LogP contribution in [0.1, 0.15) is 52.4 Å². The zero-order valence-electron chi connectivity index (χ0n) is 11.3. The van der Waals surface area contributed by atoms with Crippen molar-refractivity contribution >= 4 is 0 Å². The maximum Gasteiger partial charge on any atom is 0.0205 e. The first kappa shape index (κ1) is 12.4. The molecule has 16 heavy (non-hydrogen) atoms. The standard InChI is InChI=1S/C14H28N2/c1-12(2)14(8-5-10-15-14)9-7-13-6-4-11-16(13)3/h12-13,15H,4-11H2,1-3H3. The average molecular weight is 224 g/mol. The summed E-state index contributed by atoms with van der Waals surface area (Å²) >= 11 is 0. The molecule has 0 bridgehead atoms. The van der Waals surface area contributed by atoms with Crippen molar-refractivity contribution in [2.45, 2.75) is 64.0 Å². The van der Waals surface area contributed by atoms with Gasteiger partial charge in [-0.1, -0.05) is 13.8 Å². The molecule has 2 rings (SSSR count). The van der Waals surface area contributed by atoms with E-state index in [9.17, 15) is 0 Å². The zero-order chi connectivity index (χ0) is 11.6. The van der Waals surface area contributed by atoms with Gasteiger partial charge in [0, 0.05) is 11.6 Å². The molecule has 2 fully saturated rings. The van der Waals surface area contributed by atoms with Gasteiger partial charge in [-0.15, -0.1) is 0 Å². The van der Waals surface area contributed by atoms with Crippen LogP contribution in [-0.2, 0) is 0 Å². The summed E-state index contributed by atoms with van der Waals surface area (Å²) in [5.74, 6) is 0.779. The van der Waals surface area contributed by atoms with Crippen LogP contribution < -0.4 is 5.32 Å². The second kappa shape index (κ2) is 5.05. The highest BCUT2D eigenvalue weighted by Crippen LogP contribution is 2.34. The SMILES string of the molecule is CC(C)C1(CCC2CCCN2C)CCCN1. The summed E-state index contributed by atoms with van der Waals surface area (Å²) in [6.45, 7) is 7.32. The summed E-state index contributed by atoms with van der Waals surface area (Å²) in [5.41, 5.74) is 0.462. The molecule has 2 heterocycles. The van der Waals surface area contributed by atoms with Crippen molar-refractivity contribution in [3.05, 3.63) is 0 Å². The van der Waals surface area contributed by atoms with E-state index in [2.05, 4.69) is 31.1 Å². The van der Waals surface area contributed by atoms with Gasteiger partial charge in [-0.25, -0.2) is 0 Å². The molecule has 0 aromatic rings. The molecule has 0 aliphatic carbocycles. The highest BCUT2D eigenvalue weighted by molar-refractivity contribution is 4.96. The van der Waals surface area contributed by atoms with Crippen LogP contribution in [0, 0.1) is 5.92 Å². The van der Waals surface area contributed by atoms with E-state index in [1.54, 1.807) is 0 Å². The highest BCUT2D eigenvalue weighted by Gasteiger charge is 2.37. The van der Waals surface area contributed by atoms with Crippen molar-refractivity contribution in [3.8, 4) is 0 Å². The van der Waals surface area contributed by atoms with Crippen LogP contribution in [0.25, 0.3) is 0 Å². The average Bonchev–Trinajstić information content (AvgIpc) is 2.84. The zero-order valence-corrected chi connectivity index (χ0v) is 11.3. The summed E-state index contributed by atoms with van der Waals surface area (Å²) in [4.78, 5) is 2.56. The van der Waals surface area contributed by atoms with Gasteiger partial charge in [0.05, 0.1) is 0 Å². The first-order valence-corrected chi connectivity index (χ1v) is 7.09. The second-order valence-electron chi connectivity index (χ2n) is 6.16. The van der Waals surface area contributed by atoms with Gasteiger partial charge in [-0.3, -0.25) is 0 Å². The molecule has 0 radical (unpaired) electrons. The summed E-state index contributed by atoms with van der Waals surface area (Å²) < 4.78 is 0. The molecule has 94 valence electrons. The highest BCUT2D eigenvalue weighted by atomic mass is 15.1. The van der Waals surface area contributed by atoms with Crippen molar-refractivity contribution < 1.29 is 0 Å². The molecule has 0 aromatic heterocycles. The number of likely N-dealkylation sites (tertiary alicyclic amines) is 1. The fraction of sp³-hybridized carbons (Fsp3) is 1.00. The van der Waals surface area contributed by atoms with Gasteiger partial charge in [0.2, 0.25) is 0 Å². The smallest absolute Gasteiger partial charge is 0.0205 e. The minimum absolute atomic E-state index is 0.462. The molecular weight excluding hydrogens is 196 g/mol. The molecule has 0 amide bonds. The van der Waals surface area contributed by atoms with Gasteiger partial charge in [-0.05, 0) is 64.6 Å². The summed E-state index contributed by atoms with van der Waals surface area (Å²) in [5, 5.41) is 3.79. The Hall–Kier alpha value is -0.0800. The van der Waals surface area contributed by atoms with E-state index < -0.39 is 0 Å². The lowest BCUT2D eigenvalue weighted by Gasteiger charge is -2.35. The molecule has 2 atom stereocenters. The Labute approximate surface area is 101 Å². The Morgan fingerprint density at radius 1 is 1.38 bits per heavy atom. The number of nitrogens with zero attached hydrogens (tertiary/aromatic N) is 1. The van der Waals surface area contributed by atoms with Crippen LogP contribution in [0.15, 0.2) is 0 Å². The van der Waals surface area contributed by atoms with Gasteiger partial charge in [0.1, 0.15) is 0 Å². The fourth-order valence-electron chi connectivity index (χ4n) is 3.59. The predicted octanol–water partition coefficient (Wildman–Crippen LogP) is 2.64. The Kier molecular flexibility index (Phi) is 3.91. The lowest BCUT2D eigenvalue weighted by Crippen LogP contribution is -2.45.